The van der Waals surface area contributed by atoms with E-state index in [1.165, 1.54) is 5.56 Å². The quantitative estimate of drug-likeness (QED) is 0.748. The Bertz CT molecular complexity index is 363. The Balaban J connectivity index is 2.42. The zero-order valence-corrected chi connectivity index (χ0v) is 8.91. The molecule has 0 unspecified atom stereocenters. The van der Waals surface area contributed by atoms with Crippen LogP contribution in [0.3, 0.4) is 0 Å². The van der Waals surface area contributed by atoms with Crippen LogP contribution < -0.4 is 15.0 Å². The van der Waals surface area contributed by atoms with E-state index < -0.39 is 0 Å². The number of benzene rings is 1. The number of rotatable bonds is 3. The van der Waals surface area contributed by atoms with Crippen molar-refractivity contribution in [3.63, 3.8) is 0 Å². The highest BCUT2D eigenvalue weighted by Crippen LogP contribution is 2.37. The summed E-state index contributed by atoms with van der Waals surface area (Å²) in [6, 6.07) is 3.90. The van der Waals surface area contributed by atoms with Crippen LogP contribution in [-0.4, -0.2) is 12.0 Å². The van der Waals surface area contributed by atoms with Crippen LogP contribution in [0.4, 0.5) is 0 Å². The highest BCUT2D eigenvalue weighted by molar-refractivity contribution is 5.49. The first-order valence-corrected chi connectivity index (χ1v) is 5.01. The number of ether oxygens (including phenoxy) is 2. The molecule has 1 heterocycles. The molecule has 0 atom stereocenters. The van der Waals surface area contributed by atoms with Crippen LogP contribution in [0, 0.1) is 0 Å². The molecule has 82 valence electrons. The molecule has 0 spiro atoms. The van der Waals surface area contributed by atoms with Gasteiger partial charge in [-0.25, -0.2) is 5.48 Å². The lowest BCUT2D eigenvalue weighted by molar-refractivity contribution is 0.160. The lowest BCUT2D eigenvalue weighted by Crippen LogP contribution is -2.09. The van der Waals surface area contributed by atoms with Gasteiger partial charge in [-0.15, -0.1) is 0 Å². The van der Waals surface area contributed by atoms with Crippen LogP contribution in [0.2, 0.25) is 0 Å². The molecule has 0 saturated carbocycles. The average Bonchev–Trinajstić information content (AvgIpc) is 2.63. The van der Waals surface area contributed by atoms with E-state index in [1.807, 2.05) is 12.1 Å². The average molecular weight is 209 g/mol. The van der Waals surface area contributed by atoms with Crippen molar-refractivity contribution in [3.05, 3.63) is 23.3 Å². The molecule has 0 aromatic heterocycles. The van der Waals surface area contributed by atoms with Crippen molar-refractivity contribution in [3.8, 4) is 11.5 Å². The van der Waals surface area contributed by atoms with Crippen molar-refractivity contribution in [2.75, 3.05) is 6.79 Å². The Hall–Kier alpha value is -1.26. The third kappa shape index (κ3) is 1.91. The highest BCUT2D eigenvalue weighted by Gasteiger charge is 2.18. The van der Waals surface area contributed by atoms with Crippen molar-refractivity contribution in [1.82, 2.24) is 5.48 Å². The van der Waals surface area contributed by atoms with Crippen LogP contribution in [0.25, 0.3) is 0 Å². The Morgan fingerprint density at radius 3 is 2.60 bits per heavy atom. The predicted octanol–water partition coefficient (Wildman–Crippen LogP) is 2.02. The molecule has 0 amide bonds. The van der Waals surface area contributed by atoms with Crippen molar-refractivity contribution < 1.29 is 14.7 Å². The summed E-state index contributed by atoms with van der Waals surface area (Å²) >= 11 is 0. The largest absolute Gasteiger partial charge is 0.454 e. The summed E-state index contributed by atoms with van der Waals surface area (Å²) in [5.41, 5.74) is 4.38. The van der Waals surface area contributed by atoms with Crippen LogP contribution >= 0.6 is 0 Å². The maximum absolute atomic E-state index is 8.75. The molecule has 0 aliphatic carbocycles. The van der Waals surface area contributed by atoms with Crippen molar-refractivity contribution in [1.29, 1.82) is 0 Å². The van der Waals surface area contributed by atoms with E-state index >= 15 is 0 Å². The molecule has 15 heavy (non-hydrogen) atoms. The summed E-state index contributed by atoms with van der Waals surface area (Å²) in [5.74, 6) is 1.94. The minimum atomic E-state index is 0.281. The molecule has 1 aliphatic heterocycles. The van der Waals surface area contributed by atoms with E-state index in [0.29, 0.717) is 12.5 Å². The molecule has 0 fully saturated rings. The predicted molar refractivity (Wildman–Crippen MR) is 55.3 cm³/mol. The first-order chi connectivity index (χ1) is 7.22. The van der Waals surface area contributed by atoms with Gasteiger partial charge in [-0.1, -0.05) is 13.8 Å². The topological polar surface area (TPSA) is 50.7 Å². The van der Waals surface area contributed by atoms with Gasteiger partial charge in [0.25, 0.3) is 0 Å². The second-order valence-corrected chi connectivity index (χ2v) is 3.89. The number of nitrogens with one attached hydrogen (secondary N) is 1. The maximum atomic E-state index is 8.75. The van der Waals surface area contributed by atoms with Gasteiger partial charge in [0.15, 0.2) is 11.5 Å². The fourth-order valence-corrected chi connectivity index (χ4v) is 1.78. The molecule has 2 N–H and O–H groups in total. The molecule has 2 rings (SSSR count). The van der Waals surface area contributed by atoms with Crippen LogP contribution in [0.1, 0.15) is 30.9 Å². The lowest BCUT2D eigenvalue weighted by atomic mass is 9.96. The number of hydroxylamine groups is 1. The van der Waals surface area contributed by atoms with E-state index in [1.54, 1.807) is 0 Å². The first-order valence-electron chi connectivity index (χ1n) is 5.01. The molecule has 0 bridgehead atoms. The van der Waals surface area contributed by atoms with Gasteiger partial charge in [0, 0.05) is 6.54 Å². The Morgan fingerprint density at radius 2 is 2.00 bits per heavy atom. The number of hydrogen-bond donors (Lipinski definition) is 2. The van der Waals surface area contributed by atoms with Crippen molar-refractivity contribution in [2.24, 2.45) is 0 Å². The first kappa shape index (κ1) is 10.3. The molecular weight excluding hydrogens is 194 g/mol. The highest BCUT2D eigenvalue weighted by atomic mass is 16.7. The second-order valence-electron chi connectivity index (χ2n) is 3.89. The van der Waals surface area contributed by atoms with Gasteiger partial charge < -0.3 is 14.7 Å². The van der Waals surface area contributed by atoms with E-state index in [2.05, 4.69) is 19.3 Å². The second kappa shape index (κ2) is 4.08. The summed E-state index contributed by atoms with van der Waals surface area (Å²) in [6.45, 7) is 4.92. The Kier molecular flexibility index (Phi) is 2.79. The van der Waals surface area contributed by atoms with Gasteiger partial charge in [-0.3, -0.25) is 0 Å². The van der Waals surface area contributed by atoms with Crippen LogP contribution in [0.5, 0.6) is 11.5 Å². The zero-order valence-electron chi connectivity index (χ0n) is 8.91. The fourth-order valence-electron chi connectivity index (χ4n) is 1.78. The van der Waals surface area contributed by atoms with Crippen LogP contribution in [-0.2, 0) is 6.54 Å². The van der Waals surface area contributed by atoms with Gasteiger partial charge in [0.05, 0.1) is 0 Å². The van der Waals surface area contributed by atoms with Crippen molar-refractivity contribution in [2.45, 2.75) is 26.3 Å². The van der Waals surface area contributed by atoms with Gasteiger partial charge in [0.1, 0.15) is 0 Å². The molecule has 4 nitrogen and oxygen atoms in total. The molecule has 1 aromatic carbocycles. The van der Waals surface area contributed by atoms with E-state index in [4.69, 9.17) is 14.7 Å². The normalized spacial score (nSPS) is 13.6. The fraction of sp³-hybridized carbons (Fsp3) is 0.455. The summed E-state index contributed by atoms with van der Waals surface area (Å²) in [5, 5.41) is 8.75. The van der Waals surface area contributed by atoms with Gasteiger partial charge in [0.2, 0.25) is 6.79 Å². The lowest BCUT2D eigenvalue weighted by Gasteiger charge is -2.13. The monoisotopic (exact) mass is 209 g/mol. The minimum Gasteiger partial charge on any atom is -0.454 e. The number of fused-ring (bicyclic) bond motifs is 1. The maximum Gasteiger partial charge on any atom is 0.231 e. The van der Waals surface area contributed by atoms with E-state index in [9.17, 15) is 0 Å². The van der Waals surface area contributed by atoms with Crippen molar-refractivity contribution >= 4 is 0 Å². The van der Waals surface area contributed by atoms with Gasteiger partial charge in [-0.05, 0) is 29.2 Å². The number of hydrogen-bond acceptors (Lipinski definition) is 4. The molecule has 4 heteroatoms. The standard InChI is InChI=1S/C11H15NO3/c1-7(2)9-4-11-10(14-6-15-11)3-8(9)5-12-13/h3-4,7,12-13H,5-6H2,1-2H3. The van der Waals surface area contributed by atoms with Gasteiger partial charge in [-0.2, -0.15) is 0 Å². The van der Waals surface area contributed by atoms with Crippen LogP contribution in [0.15, 0.2) is 12.1 Å². The molecular formula is C11H15NO3. The third-order valence-electron chi connectivity index (χ3n) is 2.53. The van der Waals surface area contributed by atoms with E-state index in [0.717, 1.165) is 17.1 Å². The SMILES string of the molecule is CC(C)c1cc2c(cc1CNO)OCO2. The molecule has 1 aromatic rings. The summed E-state index contributed by atoms with van der Waals surface area (Å²) < 4.78 is 10.6. The molecule has 0 saturated heterocycles. The zero-order chi connectivity index (χ0) is 10.8. The molecule has 0 radical (unpaired) electrons. The summed E-state index contributed by atoms with van der Waals surface area (Å²) in [4.78, 5) is 0. The van der Waals surface area contributed by atoms with E-state index in [-0.39, 0.29) is 6.79 Å². The summed E-state index contributed by atoms with van der Waals surface area (Å²) in [6.07, 6.45) is 0. The minimum absolute atomic E-state index is 0.281. The Morgan fingerprint density at radius 1 is 1.33 bits per heavy atom. The smallest absolute Gasteiger partial charge is 0.231 e. The van der Waals surface area contributed by atoms with Gasteiger partial charge >= 0.3 is 0 Å². The third-order valence-corrected chi connectivity index (χ3v) is 2.53. The summed E-state index contributed by atoms with van der Waals surface area (Å²) in [7, 11) is 0. The molecule has 1 aliphatic rings. The Labute approximate surface area is 88.8 Å².